The van der Waals surface area contributed by atoms with E-state index in [9.17, 15) is 4.79 Å². The summed E-state index contributed by atoms with van der Waals surface area (Å²) in [6.45, 7) is 4.50. The highest BCUT2D eigenvalue weighted by molar-refractivity contribution is 5.95. The molecule has 1 aromatic rings. The molecule has 6 heteroatoms. The molecular weight excluding hydrogens is 322 g/mol. The Morgan fingerprint density at radius 1 is 1.00 bits per heavy atom. The average molecular weight is 347 g/mol. The molecule has 3 saturated heterocycles. The van der Waals surface area contributed by atoms with Gasteiger partial charge in [-0.3, -0.25) is 4.79 Å². The number of rotatable bonds is 3. The fourth-order valence-corrected chi connectivity index (χ4v) is 3.79. The first-order chi connectivity index (χ1) is 12.3. The molecule has 3 heterocycles. The van der Waals surface area contributed by atoms with Crippen molar-refractivity contribution in [1.82, 2.24) is 4.90 Å². The maximum atomic E-state index is 13.0. The number of ether oxygens (including phenoxy) is 4. The summed E-state index contributed by atoms with van der Waals surface area (Å²) in [5.41, 5.74) is 0.388. The Morgan fingerprint density at radius 3 is 2.44 bits per heavy atom. The van der Waals surface area contributed by atoms with Gasteiger partial charge in [0.2, 0.25) is 0 Å². The third-order valence-corrected chi connectivity index (χ3v) is 5.30. The maximum absolute atomic E-state index is 13.0. The first-order valence-electron chi connectivity index (χ1n) is 9.09. The Labute approximate surface area is 148 Å². The van der Waals surface area contributed by atoms with Crippen LogP contribution in [0.2, 0.25) is 0 Å². The molecule has 1 atom stereocenters. The maximum Gasteiger partial charge on any atom is 0.254 e. The molecule has 1 aromatic carbocycles. The Morgan fingerprint density at radius 2 is 1.72 bits per heavy atom. The second-order valence-electron chi connectivity index (χ2n) is 6.99. The lowest BCUT2D eigenvalue weighted by atomic mass is 9.94. The van der Waals surface area contributed by atoms with E-state index in [1.807, 2.05) is 29.2 Å². The molecular formula is C19H25NO5. The molecule has 3 aliphatic heterocycles. The van der Waals surface area contributed by atoms with Crippen LogP contribution in [0.4, 0.5) is 0 Å². The number of nitrogens with zero attached hydrogens (tertiary/aromatic N) is 1. The molecule has 0 N–H and O–H groups in total. The largest absolute Gasteiger partial charge is 0.490 e. The Balaban J connectivity index is 1.44. The predicted molar refractivity (Wildman–Crippen MR) is 90.9 cm³/mol. The van der Waals surface area contributed by atoms with Crippen molar-refractivity contribution in [1.29, 1.82) is 0 Å². The van der Waals surface area contributed by atoms with E-state index in [0.29, 0.717) is 38.5 Å². The van der Waals surface area contributed by atoms with E-state index in [1.54, 1.807) is 0 Å². The van der Waals surface area contributed by atoms with Crippen LogP contribution in [0, 0.1) is 0 Å². The van der Waals surface area contributed by atoms with Crippen LogP contribution in [0.3, 0.4) is 0 Å². The van der Waals surface area contributed by atoms with Gasteiger partial charge >= 0.3 is 0 Å². The zero-order valence-corrected chi connectivity index (χ0v) is 14.4. The van der Waals surface area contributed by atoms with Gasteiger partial charge in [-0.05, 0) is 30.7 Å². The summed E-state index contributed by atoms with van der Waals surface area (Å²) < 4.78 is 22.5. The number of hydrogen-bond donors (Lipinski definition) is 0. The quantitative estimate of drug-likeness (QED) is 0.836. The minimum atomic E-state index is -0.299. The molecule has 3 fully saturated rings. The topological polar surface area (TPSA) is 57.2 Å². The minimum Gasteiger partial charge on any atom is -0.490 e. The Bertz CT molecular complexity index is 590. The van der Waals surface area contributed by atoms with E-state index in [2.05, 4.69) is 0 Å². The molecule has 25 heavy (non-hydrogen) atoms. The lowest BCUT2D eigenvalue weighted by molar-refractivity contribution is -0.0551. The highest BCUT2D eigenvalue weighted by Crippen LogP contribution is 2.31. The molecule has 0 aliphatic carbocycles. The summed E-state index contributed by atoms with van der Waals surface area (Å²) in [4.78, 5) is 15.0. The number of morpholine rings is 1. The molecule has 0 radical (unpaired) electrons. The van der Waals surface area contributed by atoms with Crippen molar-refractivity contribution in [3.63, 3.8) is 0 Å². The van der Waals surface area contributed by atoms with Gasteiger partial charge < -0.3 is 23.8 Å². The van der Waals surface area contributed by atoms with Gasteiger partial charge in [0, 0.05) is 31.6 Å². The SMILES string of the molecule is O=C(c1ccc(OC2CCOCC2)cc1)N1CCOCC12CCOC2. The van der Waals surface area contributed by atoms with Crippen LogP contribution in [0.25, 0.3) is 0 Å². The average Bonchev–Trinajstić information content (AvgIpc) is 3.12. The molecule has 0 saturated carbocycles. The van der Waals surface area contributed by atoms with Crippen LogP contribution < -0.4 is 4.74 Å². The molecule has 6 nitrogen and oxygen atoms in total. The van der Waals surface area contributed by atoms with Crippen molar-refractivity contribution in [2.45, 2.75) is 30.9 Å². The second-order valence-corrected chi connectivity index (χ2v) is 6.99. The summed E-state index contributed by atoms with van der Waals surface area (Å²) in [7, 11) is 0. The third-order valence-electron chi connectivity index (χ3n) is 5.30. The second kappa shape index (κ2) is 7.32. The molecule has 0 aromatic heterocycles. The Kier molecular flexibility index (Phi) is 4.92. The standard InChI is InChI=1S/C19H25NO5/c21-18(20-8-12-24-14-19(20)7-11-23-13-19)15-1-3-16(4-2-15)25-17-5-9-22-10-6-17/h1-4,17H,5-14H2. The van der Waals surface area contributed by atoms with E-state index in [1.165, 1.54) is 0 Å². The Hall–Kier alpha value is -1.63. The molecule has 1 amide bonds. The van der Waals surface area contributed by atoms with E-state index >= 15 is 0 Å². The summed E-state index contributed by atoms with van der Waals surface area (Å²) in [5.74, 6) is 0.857. The van der Waals surface area contributed by atoms with Gasteiger partial charge in [-0.2, -0.15) is 0 Å². The van der Waals surface area contributed by atoms with E-state index < -0.39 is 0 Å². The van der Waals surface area contributed by atoms with E-state index in [0.717, 1.165) is 38.2 Å². The van der Waals surface area contributed by atoms with E-state index in [4.69, 9.17) is 18.9 Å². The highest BCUT2D eigenvalue weighted by Gasteiger charge is 2.45. The molecule has 3 aliphatic rings. The number of carbonyl (C=O) groups is 1. The van der Waals surface area contributed by atoms with Crippen molar-refractivity contribution in [2.24, 2.45) is 0 Å². The summed E-state index contributed by atoms with van der Waals surface area (Å²) in [6.07, 6.45) is 2.87. The van der Waals surface area contributed by atoms with Gasteiger partial charge in [-0.15, -0.1) is 0 Å². The summed E-state index contributed by atoms with van der Waals surface area (Å²) in [5, 5.41) is 0. The lowest BCUT2D eigenvalue weighted by Crippen LogP contribution is -2.59. The van der Waals surface area contributed by atoms with Crippen LogP contribution in [0.5, 0.6) is 5.75 Å². The number of carbonyl (C=O) groups excluding carboxylic acids is 1. The molecule has 0 bridgehead atoms. The molecule has 1 unspecified atom stereocenters. The number of amides is 1. The van der Waals surface area contributed by atoms with Crippen LogP contribution >= 0.6 is 0 Å². The fraction of sp³-hybridized carbons (Fsp3) is 0.632. The van der Waals surface area contributed by atoms with Crippen molar-refractivity contribution >= 4 is 5.91 Å². The molecule has 1 spiro atoms. The molecule has 136 valence electrons. The van der Waals surface area contributed by atoms with Crippen molar-refractivity contribution in [2.75, 3.05) is 46.2 Å². The van der Waals surface area contributed by atoms with Crippen molar-refractivity contribution in [3.05, 3.63) is 29.8 Å². The van der Waals surface area contributed by atoms with Crippen molar-refractivity contribution in [3.8, 4) is 5.75 Å². The zero-order chi connectivity index (χ0) is 17.1. The van der Waals surface area contributed by atoms with E-state index in [-0.39, 0.29) is 17.6 Å². The highest BCUT2D eigenvalue weighted by atomic mass is 16.5. The smallest absolute Gasteiger partial charge is 0.254 e. The number of benzene rings is 1. The van der Waals surface area contributed by atoms with Crippen LogP contribution in [0.1, 0.15) is 29.6 Å². The van der Waals surface area contributed by atoms with Gasteiger partial charge in [0.05, 0.1) is 38.6 Å². The third kappa shape index (κ3) is 3.52. The van der Waals surface area contributed by atoms with Gasteiger partial charge in [0.15, 0.2) is 0 Å². The van der Waals surface area contributed by atoms with Gasteiger partial charge in [0.25, 0.3) is 5.91 Å². The van der Waals surface area contributed by atoms with Crippen molar-refractivity contribution < 1.29 is 23.7 Å². The summed E-state index contributed by atoms with van der Waals surface area (Å²) in [6, 6.07) is 7.49. The van der Waals surface area contributed by atoms with Crippen LogP contribution in [0.15, 0.2) is 24.3 Å². The first-order valence-corrected chi connectivity index (χ1v) is 9.09. The molecule has 4 rings (SSSR count). The van der Waals surface area contributed by atoms with Gasteiger partial charge in [-0.25, -0.2) is 0 Å². The first kappa shape index (κ1) is 16.8. The zero-order valence-electron chi connectivity index (χ0n) is 14.4. The van der Waals surface area contributed by atoms with Crippen LogP contribution in [-0.4, -0.2) is 68.6 Å². The van der Waals surface area contributed by atoms with Crippen LogP contribution in [-0.2, 0) is 14.2 Å². The van der Waals surface area contributed by atoms with Gasteiger partial charge in [0.1, 0.15) is 11.9 Å². The number of hydrogen-bond acceptors (Lipinski definition) is 5. The summed E-state index contributed by atoms with van der Waals surface area (Å²) >= 11 is 0. The fourth-order valence-electron chi connectivity index (χ4n) is 3.79. The minimum absolute atomic E-state index is 0.0476. The lowest BCUT2D eigenvalue weighted by Gasteiger charge is -2.43. The monoisotopic (exact) mass is 347 g/mol. The normalized spacial score (nSPS) is 27.6. The predicted octanol–water partition coefficient (Wildman–Crippen LogP) is 1.88. The van der Waals surface area contributed by atoms with Gasteiger partial charge in [-0.1, -0.05) is 0 Å².